The predicted molar refractivity (Wildman–Crippen MR) is 114 cm³/mol. The molecule has 2 fully saturated rings. The van der Waals surface area contributed by atoms with E-state index in [1.165, 1.54) is 12.8 Å². The van der Waals surface area contributed by atoms with Gasteiger partial charge in [-0.15, -0.1) is 0 Å². The maximum Gasteiger partial charge on any atom is 0.255 e. The summed E-state index contributed by atoms with van der Waals surface area (Å²) >= 11 is 0. The maximum absolute atomic E-state index is 13.0. The largest absolute Gasteiger partial charge is 0.356 e. The van der Waals surface area contributed by atoms with Gasteiger partial charge in [0.2, 0.25) is 0 Å². The number of hydrogen-bond donors (Lipinski definition) is 0. The molecule has 2 aliphatic heterocycles. The molecule has 3 aromatic rings. The van der Waals surface area contributed by atoms with Crippen molar-refractivity contribution in [3.63, 3.8) is 0 Å². The molecule has 7 nitrogen and oxygen atoms in total. The van der Waals surface area contributed by atoms with Crippen LogP contribution in [-0.2, 0) is 0 Å². The summed E-state index contributed by atoms with van der Waals surface area (Å²) in [5.74, 6) is 2.92. The summed E-state index contributed by atoms with van der Waals surface area (Å²) in [4.78, 5) is 28.8. The molecule has 3 aromatic heterocycles. The Balaban J connectivity index is 1.28. The zero-order valence-corrected chi connectivity index (χ0v) is 16.8. The van der Waals surface area contributed by atoms with Gasteiger partial charge in [-0.25, -0.2) is 9.97 Å². The van der Waals surface area contributed by atoms with Gasteiger partial charge in [-0.3, -0.25) is 4.79 Å². The van der Waals surface area contributed by atoms with Crippen molar-refractivity contribution in [2.24, 2.45) is 0 Å². The summed E-state index contributed by atoms with van der Waals surface area (Å²) in [5.41, 5.74) is 1.79. The zero-order chi connectivity index (χ0) is 19.8. The second-order valence-electron chi connectivity index (χ2n) is 7.87. The van der Waals surface area contributed by atoms with Crippen molar-refractivity contribution in [2.45, 2.75) is 19.8 Å². The maximum atomic E-state index is 13.0. The van der Waals surface area contributed by atoms with Crippen LogP contribution in [-0.4, -0.2) is 64.4 Å². The molecule has 0 spiro atoms. The Hall–Kier alpha value is -3.09. The van der Waals surface area contributed by atoms with Gasteiger partial charge in [0.15, 0.2) is 0 Å². The number of piperazine rings is 1. The number of amides is 1. The molecule has 2 saturated heterocycles. The minimum absolute atomic E-state index is 0.102. The molecule has 0 unspecified atom stereocenters. The smallest absolute Gasteiger partial charge is 0.255 e. The van der Waals surface area contributed by atoms with E-state index in [-0.39, 0.29) is 5.91 Å². The van der Waals surface area contributed by atoms with Crippen molar-refractivity contribution in [3.05, 3.63) is 54.1 Å². The van der Waals surface area contributed by atoms with E-state index in [0.29, 0.717) is 13.1 Å². The quantitative estimate of drug-likeness (QED) is 0.688. The van der Waals surface area contributed by atoms with Gasteiger partial charge in [0.1, 0.15) is 17.5 Å². The van der Waals surface area contributed by atoms with Crippen LogP contribution in [0.15, 0.2) is 42.7 Å². The molecule has 29 heavy (non-hydrogen) atoms. The Morgan fingerprint density at radius 2 is 1.59 bits per heavy atom. The number of carbonyl (C=O) groups is 1. The van der Waals surface area contributed by atoms with Gasteiger partial charge >= 0.3 is 0 Å². The van der Waals surface area contributed by atoms with E-state index in [1.54, 1.807) is 0 Å². The Kier molecular flexibility index (Phi) is 4.58. The second-order valence-corrected chi connectivity index (χ2v) is 7.87. The van der Waals surface area contributed by atoms with Gasteiger partial charge in [0, 0.05) is 63.2 Å². The number of fused-ring (bicyclic) bond motifs is 1. The minimum atomic E-state index is 0.102. The van der Waals surface area contributed by atoms with Crippen molar-refractivity contribution in [1.29, 1.82) is 0 Å². The van der Waals surface area contributed by atoms with Crippen LogP contribution in [0.4, 0.5) is 11.6 Å². The van der Waals surface area contributed by atoms with Crippen molar-refractivity contribution < 1.29 is 4.79 Å². The summed E-state index contributed by atoms with van der Waals surface area (Å²) in [6.45, 7) is 7.08. The van der Waals surface area contributed by atoms with Gasteiger partial charge in [-0.05, 0) is 38.0 Å². The molecule has 0 atom stereocenters. The number of nitrogens with zero attached hydrogens (tertiary/aromatic N) is 6. The van der Waals surface area contributed by atoms with E-state index >= 15 is 0 Å². The first-order chi connectivity index (χ1) is 14.2. The van der Waals surface area contributed by atoms with Crippen LogP contribution in [0.5, 0.6) is 0 Å². The summed E-state index contributed by atoms with van der Waals surface area (Å²) < 4.78 is 1.99. The molecule has 5 heterocycles. The van der Waals surface area contributed by atoms with Gasteiger partial charge in [-0.2, -0.15) is 0 Å². The van der Waals surface area contributed by atoms with E-state index in [1.807, 2.05) is 52.9 Å². The molecule has 1 amide bonds. The SMILES string of the molecule is Cc1nc(N2CCCC2)cc(N2CCN(C(=O)c3cc4ccccn4c3)CC2)n1. The fourth-order valence-electron chi connectivity index (χ4n) is 4.30. The van der Waals surface area contributed by atoms with Gasteiger partial charge in [0.25, 0.3) is 5.91 Å². The third-order valence-electron chi connectivity index (χ3n) is 5.88. The molecule has 5 rings (SSSR count). The lowest BCUT2D eigenvalue weighted by Gasteiger charge is -2.35. The van der Waals surface area contributed by atoms with Crippen LogP contribution in [0, 0.1) is 6.92 Å². The normalized spacial score (nSPS) is 17.3. The highest BCUT2D eigenvalue weighted by molar-refractivity contribution is 5.95. The number of carbonyl (C=O) groups excluding carboxylic acids is 1. The highest BCUT2D eigenvalue weighted by Gasteiger charge is 2.25. The van der Waals surface area contributed by atoms with E-state index in [0.717, 1.165) is 54.7 Å². The molecule has 0 aliphatic carbocycles. The van der Waals surface area contributed by atoms with Gasteiger partial charge in [-0.1, -0.05) is 6.07 Å². The highest BCUT2D eigenvalue weighted by atomic mass is 16.2. The Morgan fingerprint density at radius 1 is 0.897 bits per heavy atom. The first-order valence-corrected chi connectivity index (χ1v) is 10.4. The summed E-state index contributed by atoms with van der Waals surface area (Å²) in [7, 11) is 0. The first kappa shape index (κ1) is 18.0. The summed E-state index contributed by atoms with van der Waals surface area (Å²) in [6, 6.07) is 10.0. The topological polar surface area (TPSA) is 57.0 Å². The molecule has 150 valence electrons. The van der Waals surface area contributed by atoms with E-state index in [9.17, 15) is 4.79 Å². The molecular weight excluding hydrogens is 364 g/mol. The van der Waals surface area contributed by atoms with Gasteiger partial charge < -0.3 is 19.1 Å². The van der Waals surface area contributed by atoms with Crippen LogP contribution in [0.25, 0.3) is 5.52 Å². The Labute approximate surface area is 170 Å². The molecule has 0 saturated carbocycles. The molecular formula is C22H26N6O. The van der Waals surface area contributed by atoms with Crippen molar-refractivity contribution in [3.8, 4) is 0 Å². The summed E-state index contributed by atoms with van der Waals surface area (Å²) in [6.07, 6.45) is 6.35. The fourth-order valence-corrected chi connectivity index (χ4v) is 4.30. The zero-order valence-electron chi connectivity index (χ0n) is 16.8. The average Bonchev–Trinajstić information content (AvgIpc) is 3.43. The lowest BCUT2D eigenvalue weighted by atomic mass is 10.2. The molecule has 2 aliphatic rings. The molecule has 7 heteroatoms. The highest BCUT2D eigenvalue weighted by Crippen LogP contribution is 2.24. The Bertz CT molecular complexity index is 998. The predicted octanol–water partition coefficient (Wildman–Crippen LogP) is 2.60. The van der Waals surface area contributed by atoms with Crippen molar-refractivity contribution >= 4 is 23.1 Å². The third-order valence-corrected chi connectivity index (χ3v) is 5.88. The fraction of sp³-hybridized carbons (Fsp3) is 0.409. The van der Waals surface area contributed by atoms with Gasteiger partial charge in [0.05, 0.1) is 5.56 Å². The number of aromatic nitrogens is 3. The Morgan fingerprint density at radius 3 is 2.28 bits per heavy atom. The molecule has 0 N–H and O–H groups in total. The standard InChI is InChI=1S/C22H26N6O/c1-17-23-20(25-7-4-5-8-25)15-21(24-17)26-10-12-27(13-11-26)22(29)18-14-19-6-2-3-9-28(19)16-18/h2-3,6,9,14-16H,4-5,7-8,10-13H2,1H3. The second kappa shape index (κ2) is 7.39. The molecule has 0 aromatic carbocycles. The van der Waals surface area contributed by atoms with E-state index in [2.05, 4.69) is 25.8 Å². The third kappa shape index (κ3) is 3.52. The van der Waals surface area contributed by atoms with Crippen molar-refractivity contribution in [2.75, 3.05) is 49.1 Å². The summed E-state index contributed by atoms with van der Waals surface area (Å²) in [5, 5.41) is 0. The minimum Gasteiger partial charge on any atom is -0.356 e. The lowest BCUT2D eigenvalue weighted by Crippen LogP contribution is -2.49. The van der Waals surface area contributed by atoms with Crippen LogP contribution >= 0.6 is 0 Å². The van der Waals surface area contributed by atoms with Crippen LogP contribution < -0.4 is 9.80 Å². The van der Waals surface area contributed by atoms with Crippen LogP contribution in [0.3, 0.4) is 0 Å². The number of aryl methyl sites for hydroxylation is 1. The van der Waals surface area contributed by atoms with Crippen molar-refractivity contribution in [1.82, 2.24) is 19.3 Å². The number of anilines is 2. The number of hydrogen-bond acceptors (Lipinski definition) is 5. The van der Waals surface area contributed by atoms with E-state index < -0.39 is 0 Å². The number of rotatable bonds is 3. The van der Waals surface area contributed by atoms with Crippen LogP contribution in [0.2, 0.25) is 0 Å². The molecule has 0 radical (unpaired) electrons. The molecule has 0 bridgehead atoms. The van der Waals surface area contributed by atoms with Crippen LogP contribution in [0.1, 0.15) is 29.0 Å². The lowest BCUT2D eigenvalue weighted by molar-refractivity contribution is 0.0746. The first-order valence-electron chi connectivity index (χ1n) is 10.4. The number of pyridine rings is 1. The average molecular weight is 390 g/mol. The van der Waals surface area contributed by atoms with E-state index in [4.69, 9.17) is 0 Å². The monoisotopic (exact) mass is 390 g/mol.